The zero-order valence-electron chi connectivity index (χ0n) is 36.9. The lowest BCUT2D eigenvalue weighted by Gasteiger charge is -2.34. The van der Waals surface area contributed by atoms with Gasteiger partial charge in [0.05, 0.1) is 61.4 Å². The predicted molar refractivity (Wildman–Crippen MR) is 234 cm³/mol. The number of alkyl carbamates (subject to hydrolysis) is 2. The molecule has 5 heterocycles. The zero-order valence-corrected chi connectivity index (χ0v) is 36.9. The number of aromatic amines is 2. The number of ether oxygens (including phenoxy) is 5. The fraction of sp³-hybridized carbons (Fsp3) is 0.478. The number of imidazole rings is 2. The summed E-state index contributed by atoms with van der Waals surface area (Å²) in [5.74, 6) is 1.60. The van der Waals surface area contributed by atoms with E-state index in [4.69, 9.17) is 33.7 Å². The Morgan fingerprint density at radius 1 is 0.810 bits per heavy atom. The third kappa shape index (κ3) is 8.03. The molecule has 1 unspecified atom stereocenters. The molecule has 334 valence electrons. The van der Waals surface area contributed by atoms with E-state index in [1.807, 2.05) is 24.0 Å². The van der Waals surface area contributed by atoms with Gasteiger partial charge in [-0.05, 0) is 99.2 Å². The summed E-state index contributed by atoms with van der Waals surface area (Å²) < 4.78 is 27.0. The molecular weight excluding hydrogens is 809 g/mol. The molecule has 17 nitrogen and oxygen atoms in total. The van der Waals surface area contributed by atoms with Crippen LogP contribution in [0.25, 0.3) is 44.2 Å². The van der Waals surface area contributed by atoms with Gasteiger partial charge in [-0.3, -0.25) is 9.59 Å². The summed E-state index contributed by atoms with van der Waals surface area (Å²) in [6.45, 7) is 7.90. The van der Waals surface area contributed by atoms with Crippen molar-refractivity contribution in [3.63, 3.8) is 0 Å². The Morgan fingerprint density at radius 3 is 2.14 bits per heavy atom. The van der Waals surface area contributed by atoms with Crippen LogP contribution in [0.3, 0.4) is 0 Å². The lowest BCUT2D eigenvalue weighted by atomic mass is 9.92. The second kappa shape index (κ2) is 17.9. The first-order valence-corrected chi connectivity index (χ1v) is 21.6. The van der Waals surface area contributed by atoms with E-state index in [2.05, 4.69) is 57.9 Å². The zero-order chi connectivity index (χ0) is 44.7. The molecule has 3 aliphatic heterocycles. The number of carbonyl (C=O) groups excluding carboxylic acids is 4. The highest BCUT2D eigenvalue weighted by Gasteiger charge is 2.44. The van der Waals surface area contributed by atoms with E-state index in [-0.39, 0.29) is 36.0 Å². The fourth-order valence-corrected chi connectivity index (χ4v) is 9.52. The van der Waals surface area contributed by atoms with Crippen molar-refractivity contribution in [3.8, 4) is 28.1 Å². The van der Waals surface area contributed by atoms with Gasteiger partial charge in [-0.15, -0.1) is 0 Å². The molecule has 3 aliphatic rings. The molecule has 2 fully saturated rings. The lowest BCUT2D eigenvalue weighted by molar-refractivity contribution is -0.140. The Balaban J connectivity index is 1.05. The number of nitrogens with one attached hydrogen (secondary N) is 4. The molecule has 63 heavy (non-hydrogen) atoms. The fourth-order valence-electron chi connectivity index (χ4n) is 9.52. The van der Waals surface area contributed by atoms with Crippen molar-refractivity contribution in [1.82, 2.24) is 40.4 Å². The first kappa shape index (κ1) is 43.4. The average Bonchev–Trinajstić information content (AvgIpc) is 4.13. The van der Waals surface area contributed by atoms with Crippen LogP contribution in [0.15, 0.2) is 48.7 Å². The Labute approximate surface area is 365 Å². The summed E-state index contributed by atoms with van der Waals surface area (Å²) >= 11 is 0. The highest BCUT2D eigenvalue weighted by molar-refractivity contribution is 6.07. The quantitative estimate of drug-likeness (QED) is 0.104. The molecular formula is C46H56N8O9. The molecule has 4 N–H and O–H groups in total. The van der Waals surface area contributed by atoms with Crippen LogP contribution in [0.4, 0.5) is 9.59 Å². The van der Waals surface area contributed by atoms with E-state index in [1.54, 1.807) is 24.9 Å². The molecule has 4 amide bonds. The average molecular weight is 865 g/mol. The minimum absolute atomic E-state index is 0.0241. The molecule has 17 heteroatoms. The standard InChI is InChI=1S/C46H56N8O9/c1-9-29-13-17-35(54(29)44(56)39(25(4)60-6)52-46(58)62-8)41-47-21-34(49-41)27-11-14-30-28(18-27)22-63-37-20-31-26(19-32(30)37)12-15-33-40(31)50-42(48-33)36-16-10-23(2)53(36)43(55)38(24(3)59-5)51-45(57)61-7/h11-12,14-15,18-21,23-25,29,35-36,38-39H,9-10,13,16-17,22H2,1-8H3,(H,47,49)(H,48,50)(H,51,57)(H,52,58)/t23-,24+,25+,29-,35-,36-,38-,39?/m0/s1. The van der Waals surface area contributed by atoms with Crippen molar-refractivity contribution in [2.75, 3.05) is 28.4 Å². The molecule has 0 bridgehead atoms. The van der Waals surface area contributed by atoms with Crippen LogP contribution in [-0.4, -0.2) is 119 Å². The first-order chi connectivity index (χ1) is 30.4. The summed E-state index contributed by atoms with van der Waals surface area (Å²) in [6.07, 6.45) is 2.99. The molecule has 2 saturated heterocycles. The molecule has 0 saturated carbocycles. The summed E-state index contributed by atoms with van der Waals surface area (Å²) in [5, 5.41) is 7.26. The van der Waals surface area contributed by atoms with Crippen LogP contribution in [0.2, 0.25) is 0 Å². The van der Waals surface area contributed by atoms with Gasteiger partial charge in [-0.25, -0.2) is 19.6 Å². The van der Waals surface area contributed by atoms with Gasteiger partial charge in [0, 0.05) is 37.3 Å². The Bertz CT molecular complexity index is 2540. The maximum Gasteiger partial charge on any atom is 0.407 e. The van der Waals surface area contributed by atoms with E-state index in [9.17, 15) is 19.2 Å². The largest absolute Gasteiger partial charge is 0.488 e. The summed E-state index contributed by atoms with van der Waals surface area (Å²) in [5.41, 5.74) is 6.43. The number of rotatable bonds is 12. The predicted octanol–water partition coefficient (Wildman–Crippen LogP) is 6.68. The summed E-state index contributed by atoms with van der Waals surface area (Å²) in [7, 11) is 5.54. The van der Waals surface area contributed by atoms with Gasteiger partial charge in [0.1, 0.15) is 36.1 Å². The van der Waals surface area contributed by atoms with E-state index in [0.29, 0.717) is 24.7 Å². The van der Waals surface area contributed by atoms with Gasteiger partial charge in [0.2, 0.25) is 11.8 Å². The molecule has 3 aromatic carbocycles. The number of fused-ring (bicyclic) bond motifs is 6. The van der Waals surface area contributed by atoms with Crippen molar-refractivity contribution in [2.45, 2.75) is 115 Å². The second-order valence-electron chi connectivity index (χ2n) is 16.7. The van der Waals surface area contributed by atoms with E-state index >= 15 is 0 Å². The van der Waals surface area contributed by atoms with Gasteiger partial charge in [-0.1, -0.05) is 25.1 Å². The highest BCUT2D eigenvalue weighted by Crippen LogP contribution is 2.44. The van der Waals surface area contributed by atoms with Crippen LogP contribution in [0.1, 0.15) is 89.1 Å². The van der Waals surface area contributed by atoms with Crippen molar-refractivity contribution in [1.29, 1.82) is 0 Å². The molecule has 5 aromatic rings. The number of benzene rings is 3. The molecule has 0 spiro atoms. The van der Waals surface area contributed by atoms with Gasteiger partial charge in [0.15, 0.2) is 0 Å². The molecule has 0 aliphatic carbocycles. The van der Waals surface area contributed by atoms with Gasteiger partial charge < -0.3 is 54.1 Å². The number of hydrogen-bond acceptors (Lipinski definition) is 11. The molecule has 2 aromatic heterocycles. The maximum atomic E-state index is 14.1. The van der Waals surface area contributed by atoms with Crippen LogP contribution in [0, 0.1) is 0 Å². The van der Waals surface area contributed by atoms with Crippen LogP contribution < -0.4 is 15.4 Å². The number of methoxy groups -OCH3 is 4. The third-order valence-corrected chi connectivity index (χ3v) is 13.2. The number of amides is 4. The Kier molecular flexibility index (Phi) is 12.3. The third-order valence-electron chi connectivity index (χ3n) is 13.2. The number of aromatic nitrogens is 4. The lowest BCUT2D eigenvalue weighted by Crippen LogP contribution is -2.55. The topological polar surface area (TPSA) is 202 Å². The Morgan fingerprint density at radius 2 is 1.48 bits per heavy atom. The number of nitrogens with zero attached hydrogens (tertiary/aromatic N) is 4. The summed E-state index contributed by atoms with van der Waals surface area (Å²) in [6, 6.07) is 11.9. The van der Waals surface area contributed by atoms with Crippen molar-refractivity contribution < 1.29 is 42.9 Å². The van der Waals surface area contributed by atoms with Gasteiger partial charge >= 0.3 is 12.2 Å². The maximum absolute atomic E-state index is 14.1. The SMILES string of the molecule is CC[C@H]1CC[C@@H](c2ncc(-c3ccc4c(c3)COc3cc5c(ccc6[nH]c([C@@H]7CC[C@H](C)N7C(=O)[C@@H](NC(=O)OC)[C@@H](C)OC)nc65)cc3-4)[nH]2)N1C(=O)C(NC(=O)OC)[C@@H](C)OC. The smallest absolute Gasteiger partial charge is 0.407 e. The highest BCUT2D eigenvalue weighted by atomic mass is 16.5. The number of carbonyl (C=O) groups is 4. The minimum atomic E-state index is -0.938. The van der Waals surface area contributed by atoms with Crippen molar-refractivity contribution >= 4 is 45.8 Å². The van der Waals surface area contributed by atoms with Crippen molar-refractivity contribution in [2.24, 2.45) is 0 Å². The molecule has 8 rings (SSSR count). The van der Waals surface area contributed by atoms with E-state index in [1.165, 1.54) is 28.4 Å². The van der Waals surface area contributed by atoms with E-state index < -0.39 is 36.5 Å². The second-order valence-corrected chi connectivity index (χ2v) is 16.7. The minimum Gasteiger partial charge on any atom is -0.488 e. The van der Waals surface area contributed by atoms with Gasteiger partial charge in [0.25, 0.3) is 0 Å². The van der Waals surface area contributed by atoms with E-state index in [0.717, 1.165) is 81.2 Å². The molecule has 0 radical (unpaired) electrons. The Hall–Kier alpha value is -6.20. The number of likely N-dealkylation sites (tertiary alicyclic amines) is 2. The normalized spacial score (nSPS) is 21.3. The summed E-state index contributed by atoms with van der Waals surface area (Å²) in [4.78, 5) is 73.1. The molecule has 8 atom stereocenters. The number of H-pyrrole nitrogens is 2. The van der Waals surface area contributed by atoms with Crippen LogP contribution >= 0.6 is 0 Å². The van der Waals surface area contributed by atoms with Crippen LogP contribution in [-0.2, 0) is 35.1 Å². The van der Waals surface area contributed by atoms with Crippen molar-refractivity contribution in [3.05, 3.63) is 65.9 Å². The van der Waals surface area contributed by atoms with Crippen LogP contribution in [0.5, 0.6) is 5.75 Å². The van der Waals surface area contributed by atoms with Gasteiger partial charge in [-0.2, -0.15) is 0 Å². The first-order valence-electron chi connectivity index (χ1n) is 21.6. The number of hydrogen-bond donors (Lipinski definition) is 4. The monoisotopic (exact) mass is 864 g/mol.